The summed E-state index contributed by atoms with van der Waals surface area (Å²) in [6.45, 7) is 0.644. The number of ketones is 1. The van der Waals surface area contributed by atoms with Gasteiger partial charge in [-0.15, -0.1) is 5.10 Å². The lowest BCUT2D eigenvalue weighted by Gasteiger charge is -2.29. The predicted octanol–water partition coefficient (Wildman–Crippen LogP) is 3.23. The molecule has 3 aromatic rings. The molecule has 0 N–H and O–H groups in total. The van der Waals surface area contributed by atoms with Gasteiger partial charge in [0.2, 0.25) is 0 Å². The second-order valence-corrected chi connectivity index (χ2v) is 6.86. The normalized spacial score (nSPS) is 19.5. The molecular formula is C21H22N4O3. The molecule has 0 saturated carbocycles. The van der Waals surface area contributed by atoms with Crippen LogP contribution in [0.3, 0.4) is 0 Å². The molecule has 0 bridgehead atoms. The SMILES string of the molecule is COc1ccc([C@H]2CC(=O)C[C@@H](CCn3cc(-c4ccncc4)nn3)O2)cc1. The number of pyridine rings is 1. The van der Waals surface area contributed by atoms with Gasteiger partial charge in [0.15, 0.2) is 0 Å². The van der Waals surface area contributed by atoms with Crippen LogP contribution < -0.4 is 4.74 Å². The first kappa shape index (κ1) is 18.3. The molecule has 0 spiro atoms. The molecule has 1 saturated heterocycles. The van der Waals surface area contributed by atoms with Crippen LogP contribution in [0.5, 0.6) is 5.75 Å². The van der Waals surface area contributed by atoms with Gasteiger partial charge in [0, 0.05) is 37.3 Å². The molecule has 144 valence electrons. The number of hydrogen-bond donors (Lipinski definition) is 0. The fourth-order valence-electron chi connectivity index (χ4n) is 3.40. The molecular weight excluding hydrogens is 356 g/mol. The van der Waals surface area contributed by atoms with Gasteiger partial charge in [-0.2, -0.15) is 0 Å². The Labute approximate surface area is 163 Å². The fraction of sp³-hybridized carbons (Fsp3) is 0.333. The molecule has 4 rings (SSSR count). The topological polar surface area (TPSA) is 79.1 Å². The summed E-state index contributed by atoms with van der Waals surface area (Å²) in [6.07, 6.45) is 6.60. The molecule has 7 nitrogen and oxygen atoms in total. The maximum atomic E-state index is 12.2. The Morgan fingerprint density at radius 2 is 1.93 bits per heavy atom. The molecule has 28 heavy (non-hydrogen) atoms. The average Bonchev–Trinajstić information content (AvgIpc) is 3.22. The van der Waals surface area contributed by atoms with Gasteiger partial charge >= 0.3 is 0 Å². The summed E-state index contributed by atoms with van der Waals surface area (Å²) in [5.74, 6) is 1.02. The van der Waals surface area contributed by atoms with Crippen LogP contribution in [0, 0.1) is 0 Å². The molecule has 1 aliphatic rings. The van der Waals surface area contributed by atoms with Gasteiger partial charge in [0.25, 0.3) is 0 Å². The number of benzene rings is 1. The highest BCUT2D eigenvalue weighted by atomic mass is 16.5. The van der Waals surface area contributed by atoms with Crippen molar-refractivity contribution in [3.8, 4) is 17.0 Å². The van der Waals surface area contributed by atoms with Crippen LogP contribution in [0.25, 0.3) is 11.3 Å². The Morgan fingerprint density at radius 3 is 2.68 bits per heavy atom. The first-order valence-electron chi connectivity index (χ1n) is 9.33. The molecule has 0 radical (unpaired) electrons. The van der Waals surface area contributed by atoms with Gasteiger partial charge in [0.1, 0.15) is 17.2 Å². The fourth-order valence-corrected chi connectivity index (χ4v) is 3.40. The van der Waals surface area contributed by atoms with Crippen LogP contribution in [-0.2, 0) is 16.1 Å². The third kappa shape index (κ3) is 4.26. The average molecular weight is 378 g/mol. The molecule has 3 heterocycles. The molecule has 0 amide bonds. The van der Waals surface area contributed by atoms with E-state index in [0.717, 1.165) is 22.6 Å². The highest BCUT2D eigenvalue weighted by Gasteiger charge is 2.29. The van der Waals surface area contributed by atoms with Gasteiger partial charge in [-0.1, -0.05) is 17.3 Å². The Kier molecular flexibility index (Phi) is 5.43. The van der Waals surface area contributed by atoms with Crippen LogP contribution in [-0.4, -0.2) is 39.0 Å². The molecule has 0 aliphatic carbocycles. The standard InChI is InChI=1S/C21H22N4O3/c1-27-18-4-2-16(3-5-18)21-13-17(26)12-19(28-21)8-11-25-14-20(23-24-25)15-6-9-22-10-7-15/h2-7,9-10,14,19,21H,8,11-13H2,1H3/t19-,21-/m1/s1. The smallest absolute Gasteiger partial charge is 0.138 e. The number of Topliss-reactive ketones (excluding diaryl/α,β-unsaturated/α-hetero) is 1. The summed E-state index contributed by atoms with van der Waals surface area (Å²) in [7, 11) is 1.63. The molecule has 7 heteroatoms. The summed E-state index contributed by atoms with van der Waals surface area (Å²) < 4.78 is 13.2. The van der Waals surface area contributed by atoms with E-state index >= 15 is 0 Å². The van der Waals surface area contributed by atoms with E-state index in [4.69, 9.17) is 9.47 Å². The summed E-state index contributed by atoms with van der Waals surface area (Å²) in [5, 5.41) is 8.39. The van der Waals surface area contributed by atoms with E-state index in [1.54, 1.807) is 24.2 Å². The highest BCUT2D eigenvalue weighted by molar-refractivity contribution is 5.80. The number of carbonyl (C=O) groups is 1. The number of ether oxygens (including phenoxy) is 2. The number of methoxy groups -OCH3 is 1. The van der Waals surface area contributed by atoms with E-state index in [-0.39, 0.29) is 18.0 Å². The lowest BCUT2D eigenvalue weighted by atomic mass is 9.96. The van der Waals surface area contributed by atoms with Gasteiger partial charge in [-0.3, -0.25) is 14.5 Å². The van der Waals surface area contributed by atoms with Crippen molar-refractivity contribution >= 4 is 5.78 Å². The van der Waals surface area contributed by atoms with Crippen LogP contribution in [0.2, 0.25) is 0 Å². The van der Waals surface area contributed by atoms with Gasteiger partial charge in [-0.05, 0) is 36.2 Å². The Bertz CT molecular complexity index is 924. The minimum Gasteiger partial charge on any atom is -0.497 e. The largest absolute Gasteiger partial charge is 0.497 e. The highest BCUT2D eigenvalue weighted by Crippen LogP contribution is 2.31. The molecule has 1 fully saturated rings. The number of aromatic nitrogens is 4. The minimum absolute atomic E-state index is 0.123. The van der Waals surface area contributed by atoms with Crippen molar-refractivity contribution in [1.82, 2.24) is 20.0 Å². The van der Waals surface area contributed by atoms with Crippen molar-refractivity contribution in [2.45, 2.75) is 38.0 Å². The maximum absolute atomic E-state index is 12.2. The van der Waals surface area contributed by atoms with Gasteiger partial charge in [-0.25, -0.2) is 0 Å². The molecule has 1 aromatic carbocycles. The summed E-state index contributed by atoms with van der Waals surface area (Å²) in [6, 6.07) is 11.5. The minimum atomic E-state index is -0.208. The summed E-state index contributed by atoms with van der Waals surface area (Å²) >= 11 is 0. The molecule has 2 atom stereocenters. The number of rotatable bonds is 6. The van der Waals surface area contributed by atoms with E-state index in [0.29, 0.717) is 25.8 Å². The number of hydrogen-bond acceptors (Lipinski definition) is 6. The van der Waals surface area contributed by atoms with Crippen LogP contribution in [0.4, 0.5) is 0 Å². The van der Waals surface area contributed by atoms with Crippen molar-refractivity contribution in [1.29, 1.82) is 0 Å². The zero-order valence-corrected chi connectivity index (χ0v) is 15.7. The van der Waals surface area contributed by atoms with Crippen molar-refractivity contribution in [2.24, 2.45) is 0 Å². The van der Waals surface area contributed by atoms with Crippen molar-refractivity contribution in [3.05, 3.63) is 60.6 Å². The monoisotopic (exact) mass is 378 g/mol. The van der Waals surface area contributed by atoms with Crippen LogP contribution in [0.15, 0.2) is 55.0 Å². The second kappa shape index (κ2) is 8.31. The van der Waals surface area contributed by atoms with Crippen molar-refractivity contribution in [3.63, 3.8) is 0 Å². The lowest BCUT2D eigenvalue weighted by molar-refractivity contribution is -0.136. The van der Waals surface area contributed by atoms with E-state index < -0.39 is 0 Å². The predicted molar refractivity (Wildman–Crippen MR) is 103 cm³/mol. The van der Waals surface area contributed by atoms with Crippen LogP contribution in [0.1, 0.15) is 30.9 Å². The maximum Gasteiger partial charge on any atom is 0.138 e. The molecule has 0 unspecified atom stereocenters. The first-order chi connectivity index (χ1) is 13.7. The van der Waals surface area contributed by atoms with E-state index in [1.807, 2.05) is 42.6 Å². The third-order valence-electron chi connectivity index (χ3n) is 4.91. The Hall–Kier alpha value is -3.06. The zero-order chi connectivity index (χ0) is 19.3. The first-order valence-corrected chi connectivity index (χ1v) is 9.33. The number of nitrogens with zero attached hydrogens (tertiary/aromatic N) is 4. The van der Waals surface area contributed by atoms with Gasteiger partial charge in [0.05, 0.1) is 25.5 Å². The second-order valence-electron chi connectivity index (χ2n) is 6.86. The van der Waals surface area contributed by atoms with E-state index in [9.17, 15) is 4.79 Å². The quantitative estimate of drug-likeness (QED) is 0.655. The molecule has 2 aromatic heterocycles. The Balaban J connectivity index is 1.38. The van der Waals surface area contributed by atoms with E-state index in [1.165, 1.54) is 0 Å². The van der Waals surface area contributed by atoms with Crippen LogP contribution >= 0.6 is 0 Å². The summed E-state index contributed by atoms with van der Waals surface area (Å²) in [5.41, 5.74) is 2.78. The summed E-state index contributed by atoms with van der Waals surface area (Å²) in [4.78, 5) is 16.2. The third-order valence-corrected chi connectivity index (χ3v) is 4.91. The Morgan fingerprint density at radius 1 is 1.14 bits per heavy atom. The molecule has 1 aliphatic heterocycles. The van der Waals surface area contributed by atoms with Crippen molar-refractivity contribution < 1.29 is 14.3 Å². The zero-order valence-electron chi connectivity index (χ0n) is 15.7. The lowest BCUT2D eigenvalue weighted by Crippen LogP contribution is -2.29. The van der Waals surface area contributed by atoms with Crippen molar-refractivity contribution in [2.75, 3.05) is 7.11 Å². The number of aryl methyl sites for hydroxylation is 1. The van der Waals surface area contributed by atoms with E-state index in [2.05, 4.69) is 15.3 Å². The van der Waals surface area contributed by atoms with Gasteiger partial charge < -0.3 is 9.47 Å². The number of carbonyl (C=O) groups excluding carboxylic acids is 1.